The fourth-order valence-electron chi connectivity index (χ4n) is 6.43. The number of hydrogen-bond acceptors (Lipinski definition) is 5. The van der Waals surface area contributed by atoms with Crippen LogP contribution in [0.25, 0.3) is 0 Å². The molecule has 1 saturated carbocycles. The molecule has 5 heteroatoms. The molecule has 35 heavy (non-hydrogen) atoms. The lowest BCUT2D eigenvalue weighted by atomic mass is 9.39. The number of fused-ring (bicyclic) bond motifs is 3. The zero-order chi connectivity index (χ0) is 26.7. The maximum Gasteiger partial charge on any atom is 0.176 e. The Kier molecular flexibility index (Phi) is 6.96. The molecule has 0 radical (unpaired) electrons. The zero-order valence-electron chi connectivity index (χ0n) is 23.3. The van der Waals surface area contributed by atoms with Gasteiger partial charge < -0.3 is 9.84 Å². The van der Waals surface area contributed by atoms with Crippen LogP contribution in [0, 0.1) is 28.1 Å². The highest BCUT2D eigenvalue weighted by Gasteiger charge is 2.75. The second-order valence-corrected chi connectivity index (χ2v) is 12.9. The Bertz CT molecular complexity index is 1020. The van der Waals surface area contributed by atoms with Gasteiger partial charge in [-0.2, -0.15) is 0 Å². The highest BCUT2D eigenvalue weighted by Crippen LogP contribution is 2.67. The molecule has 0 unspecified atom stereocenters. The normalized spacial score (nSPS) is 31.8. The number of allylic oxidation sites excluding steroid dienone is 5. The van der Waals surface area contributed by atoms with Crippen LogP contribution in [0.5, 0.6) is 0 Å². The second-order valence-electron chi connectivity index (χ2n) is 12.9. The van der Waals surface area contributed by atoms with Crippen molar-refractivity contribution < 1.29 is 24.2 Å². The molecule has 0 aromatic carbocycles. The first-order valence-corrected chi connectivity index (χ1v) is 13.0. The quantitative estimate of drug-likeness (QED) is 0.359. The SMILES string of the molecule is CC(C)=CC[C@@H]1C[C@]2(C(=O)C(C)C)C(=O)[C@@](CC=C(C)C)(C(=O)C3=C2O[C@@H](C(C)(C)O)C3)C1(C)C. The average molecular weight is 485 g/mol. The van der Waals surface area contributed by atoms with E-state index in [0.29, 0.717) is 18.4 Å². The van der Waals surface area contributed by atoms with E-state index in [-0.39, 0.29) is 41.9 Å². The van der Waals surface area contributed by atoms with Crippen molar-refractivity contribution in [2.24, 2.45) is 28.1 Å². The van der Waals surface area contributed by atoms with E-state index in [0.717, 1.165) is 11.1 Å². The number of aliphatic hydroxyl groups is 1. The molecule has 3 aliphatic rings. The minimum Gasteiger partial charge on any atom is -0.489 e. The molecule has 1 fully saturated rings. The van der Waals surface area contributed by atoms with Gasteiger partial charge in [-0.25, -0.2) is 0 Å². The molecule has 0 aromatic heterocycles. The number of ether oxygens (including phenoxy) is 1. The molecule has 194 valence electrons. The van der Waals surface area contributed by atoms with Crippen LogP contribution in [0.15, 0.2) is 34.6 Å². The summed E-state index contributed by atoms with van der Waals surface area (Å²) in [6.07, 6.45) is 4.92. The van der Waals surface area contributed by atoms with Crippen LogP contribution in [0.3, 0.4) is 0 Å². The van der Waals surface area contributed by atoms with Crippen molar-refractivity contribution in [1.82, 2.24) is 0 Å². The molecule has 1 aliphatic heterocycles. The molecule has 0 spiro atoms. The Balaban J connectivity index is 2.39. The highest BCUT2D eigenvalue weighted by molar-refractivity contribution is 6.27. The van der Waals surface area contributed by atoms with E-state index in [1.807, 2.05) is 61.5 Å². The molecule has 0 aromatic rings. The molecule has 2 aliphatic carbocycles. The third-order valence-corrected chi connectivity index (χ3v) is 8.78. The fourth-order valence-corrected chi connectivity index (χ4v) is 6.43. The van der Waals surface area contributed by atoms with Crippen molar-refractivity contribution in [3.8, 4) is 0 Å². The minimum absolute atomic E-state index is 0.0776. The van der Waals surface area contributed by atoms with E-state index in [4.69, 9.17) is 4.74 Å². The molecule has 5 nitrogen and oxygen atoms in total. The monoisotopic (exact) mass is 484 g/mol. The van der Waals surface area contributed by atoms with E-state index < -0.39 is 33.9 Å². The summed E-state index contributed by atoms with van der Waals surface area (Å²) in [6.45, 7) is 19.0. The Hall–Kier alpha value is -2.01. The van der Waals surface area contributed by atoms with Crippen LogP contribution < -0.4 is 0 Å². The van der Waals surface area contributed by atoms with E-state index >= 15 is 0 Å². The zero-order valence-corrected chi connectivity index (χ0v) is 23.3. The summed E-state index contributed by atoms with van der Waals surface area (Å²) in [5.41, 5.74) is -2.13. The van der Waals surface area contributed by atoms with Gasteiger partial charge in [0.1, 0.15) is 22.7 Å². The van der Waals surface area contributed by atoms with Gasteiger partial charge in [-0.15, -0.1) is 0 Å². The number of rotatable bonds is 7. The number of carbonyl (C=O) groups is 3. The van der Waals surface area contributed by atoms with Crippen LogP contribution in [0.4, 0.5) is 0 Å². The molecule has 1 N–H and O–H groups in total. The lowest BCUT2D eigenvalue weighted by molar-refractivity contribution is -0.176. The van der Waals surface area contributed by atoms with Gasteiger partial charge in [0, 0.05) is 17.9 Å². The summed E-state index contributed by atoms with van der Waals surface area (Å²) in [6, 6.07) is 0. The van der Waals surface area contributed by atoms with Crippen LogP contribution in [-0.4, -0.2) is 34.2 Å². The van der Waals surface area contributed by atoms with E-state index in [9.17, 15) is 19.5 Å². The number of ketones is 3. The average Bonchev–Trinajstić information content (AvgIpc) is 3.18. The van der Waals surface area contributed by atoms with Gasteiger partial charge in [-0.05, 0) is 72.1 Å². The first-order chi connectivity index (χ1) is 15.9. The number of Topliss-reactive ketones (excluding diaryl/α,β-unsaturated/α-hetero) is 3. The van der Waals surface area contributed by atoms with Crippen molar-refractivity contribution in [2.75, 3.05) is 0 Å². The van der Waals surface area contributed by atoms with Gasteiger partial charge in [0.25, 0.3) is 0 Å². The van der Waals surface area contributed by atoms with Crippen LogP contribution >= 0.6 is 0 Å². The summed E-state index contributed by atoms with van der Waals surface area (Å²) in [7, 11) is 0. The first kappa shape index (κ1) is 27.6. The predicted octanol–water partition coefficient (Wildman–Crippen LogP) is 5.91. The van der Waals surface area contributed by atoms with Gasteiger partial charge in [0.2, 0.25) is 0 Å². The van der Waals surface area contributed by atoms with Crippen molar-refractivity contribution in [3.63, 3.8) is 0 Å². The fraction of sp³-hybridized carbons (Fsp3) is 0.700. The number of hydrogen-bond donors (Lipinski definition) is 1. The smallest absolute Gasteiger partial charge is 0.176 e. The number of carbonyl (C=O) groups excluding carboxylic acids is 3. The van der Waals surface area contributed by atoms with Crippen molar-refractivity contribution in [1.29, 1.82) is 0 Å². The highest BCUT2D eigenvalue weighted by atomic mass is 16.5. The van der Waals surface area contributed by atoms with E-state index in [1.165, 1.54) is 0 Å². The Labute approximate surface area is 211 Å². The summed E-state index contributed by atoms with van der Waals surface area (Å²) in [4.78, 5) is 43.3. The lowest BCUT2D eigenvalue weighted by Gasteiger charge is -2.60. The lowest BCUT2D eigenvalue weighted by Crippen LogP contribution is -2.68. The molecule has 0 saturated heterocycles. The molecule has 4 atom stereocenters. The summed E-state index contributed by atoms with van der Waals surface area (Å²) >= 11 is 0. The third kappa shape index (κ3) is 3.98. The summed E-state index contributed by atoms with van der Waals surface area (Å²) < 4.78 is 6.28. The Morgan fingerprint density at radius 2 is 1.69 bits per heavy atom. The molecule has 2 bridgehead atoms. The topological polar surface area (TPSA) is 80.7 Å². The van der Waals surface area contributed by atoms with Gasteiger partial charge in [0.15, 0.2) is 17.3 Å². The maximum absolute atomic E-state index is 14.8. The van der Waals surface area contributed by atoms with Gasteiger partial charge in [-0.1, -0.05) is 51.0 Å². The van der Waals surface area contributed by atoms with Crippen molar-refractivity contribution in [3.05, 3.63) is 34.6 Å². The van der Waals surface area contributed by atoms with Crippen molar-refractivity contribution >= 4 is 17.3 Å². The Morgan fingerprint density at radius 3 is 2.17 bits per heavy atom. The largest absolute Gasteiger partial charge is 0.489 e. The molecule has 3 rings (SSSR count). The molecule has 1 heterocycles. The van der Waals surface area contributed by atoms with Gasteiger partial charge in [0.05, 0.1) is 5.60 Å². The van der Waals surface area contributed by atoms with Crippen LogP contribution in [0.1, 0.15) is 94.9 Å². The summed E-state index contributed by atoms with van der Waals surface area (Å²) in [5, 5.41) is 10.8. The van der Waals surface area contributed by atoms with Crippen LogP contribution in [0.2, 0.25) is 0 Å². The van der Waals surface area contributed by atoms with Crippen LogP contribution in [-0.2, 0) is 19.1 Å². The molecule has 0 amide bonds. The minimum atomic E-state index is -1.50. The Morgan fingerprint density at radius 1 is 1.11 bits per heavy atom. The third-order valence-electron chi connectivity index (χ3n) is 8.78. The summed E-state index contributed by atoms with van der Waals surface area (Å²) in [5.74, 6) is -0.967. The molecular formula is C30H44O5. The van der Waals surface area contributed by atoms with E-state index in [2.05, 4.69) is 6.08 Å². The van der Waals surface area contributed by atoms with E-state index in [1.54, 1.807) is 13.8 Å². The maximum atomic E-state index is 14.8. The van der Waals surface area contributed by atoms with Gasteiger partial charge >= 0.3 is 0 Å². The molecular weight excluding hydrogens is 440 g/mol. The van der Waals surface area contributed by atoms with Crippen molar-refractivity contribution in [2.45, 2.75) is 107 Å². The first-order valence-electron chi connectivity index (χ1n) is 13.0. The standard InChI is InChI=1S/C30H44O5/c1-17(2)11-12-20-16-29(23(31)19(5)6)25-21(15-22(35-25)28(9,10)34)24(32)30(26(29)33,27(20,7)8)14-13-18(3)4/h11,13,19-20,22,34H,12,14-16H2,1-10H3/t20-,22-,29-,30-/m1/s1. The predicted molar refractivity (Wildman–Crippen MR) is 138 cm³/mol. The van der Waals surface area contributed by atoms with Gasteiger partial charge in [-0.3, -0.25) is 14.4 Å². The second kappa shape index (κ2) is 8.83.